The minimum atomic E-state index is -0.478. The Kier molecular flexibility index (Phi) is 5.59. The van der Waals surface area contributed by atoms with E-state index < -0.39 is 6.04 Å². The highest BCUT2D eigenvalue weighted by Crippen LogP contribution is 2.24. The van der Waals surface area contributed by atoms with Crippen LogP contribution >= 0.6 is 0 Å². The minimum absolute atomic E-state index is 0.0584. The van der Waals surface area contributed by atoms with Gasteiger partial charge in [0.15, 0.2) is 0 Å². The lowest BCUT2D eigenvalue weighted by Gasteiger charge is -2.22. The van der Waals surface area contributed by atoms with Gasteiger partial charge in [-0.25, -0.2) is 0 Å². The Bertz CT molecular complexity index is 305. The summed E-state index contributed by atoms with van der Waals surface area (Å²) >= 11 is 0. The summed E-state index contributed by atoms with van der Waals surface area (Å²) in [6.07, 6.45) is 2.31. The molecule has 0 spiro atoms. The maximum Gasteiger partial charge on any atom is 0.242 e. The Morgan fingerprint density at radius 3 is 2.44 bits per heavy atom. The van der Waals surface area contributed by atoms with Crippen molar-refractivity contribution in [3.8, 4) is 0 Å². The maximum absolute atomic E-state index is 12.0. The molecule has 5 nitrogen and oxygen atoms in total. The largest absolute Gasteiger partial charge is 0.393 e. The average Bonchev–Trinajstić information content (AvgIpc) is 2.68. The molecule has 0 aliphatic heterocycles. The number of aliphatic hydroxyl groups excluding tert-OH is 1. The Morgan fingerprint density at radius 2 is 2.00 bits per heavy atom. The zero-order valence-corrected chi connectivity index (χ0v) is 11.4. The third-order valence-electron chi connectivity index (χ3n) is 3.39. The molecule has 0 aromatic rings. The van der Waals surface area contributed by atoms with Gasteiger partial charge in [0.1, 0.15) is 6.04 Å². The molecule has 2 amide bonds. The fourth-order valence-electron chi connectivity index (χ4n) is 2.34. The molecule has 1 saturated carbocycles. The van der Waals surface area contributed by atoms with Crippen LogP contribution in [0.15, 0.2) is 0 Å². The van der Waals surface area contributed by atoms with Crippen molar-refractivity contribution in [2.45, 2.75) is 52.2 Å². The molecule has 0 radical (unpaired) electrons. The molecule has 3 N–H and O–H groups in total. The number of aliphatic hydroxyl groups is 1. The first-order valence-corrected chi connectivity index (χ1v) is 6.63. The zero-order valence-electron chi connectivity index (χ0n) is 11.4. The van der Waals surface area contributed by atoms with E-state index in [1.54, 1.807) is 0 Å². The molecule has 0 aromatic heterocycles. The molecule has 0 bridgehead atoms. The van der Waals surface area contributed by atoms with Gasteiger partial charge >= 0.3 is 0 Å². The monoisotopic (exact) mass is 256 g/mol. The maximum atomic E-state index is 12.0. The Morgan fingerprint density at radius 1 is 1.33 bits per heavy atom. The van der Waals surface area contributed by atoms with Crippen molar-refractivity contribution < 1.29 is 14.7 Å². The summed E-state index contributed by atoms with van der Waals surface area (Å²) in [5.41, 5.74) is 0. The fourth-order valence-corrected chi connectivity index (χ4v) is 2.34. The van der Waals surface area contributed by atoms with Gasteiger partial charge in [0.25, 0.3) is 0 Å². The minimum Gasteiger partial charge on any atom is -0.393 e. The molecule has 0 heterocycles. The number of hydrogen-bond donors (Lipinski definition) is 3. The van der Waals surface area contributed by atoms with Crippen molar-refractivity contribution in [2.24, 2.45) is 11.8 Å². The van der Waals surface area contributed by atoms with Crippen LogP contribution in [0.25, 0.3) is 0 Å². The Labute approximate surface area is 108 Å². The standard InChI is InChI=1S/C13H24N2O3/c1-8(2)12(15-9(3)16)13(18)14-7-10-4-5-11(17)6-10/h8,10-12,17H,4-7H2,1-3H3,(H,14,18)(H,15,16). The van der Waals surface area contributed by atoms with Crippen LogP contribution in [0.5, 0.6) is 0 Å². The summed E-state index contributed by atoms with van der Waals surface area (Å²) in [5, 5.41) is 14.9. The normalized spacial score (nSPS) is 24.9. The van der Waals surface area contributed by atoms with Gasteiger partial charge in [-0.15, -0.1) is 0 Å². The van der Waals surface area contributed by atoms with Crippen LogP contribution in [0.4, 0.5) is 0 Å². The van der Waals surface area contributed by atoms with Gasteiger partial charge in [0.05, 0.1) is 6.10 Å². The van der Waals surface area contributed by atoms with Gasteiger partial charge in [0, 0.05) is 13.5 Å². The van der Waals surface area contributed by atoms with E-state index in [2.05, 4.69) is 10.6 Å². The highest BCUT2D eigenvalue weighted by atomic mass is 16.3. The van der Waals surface area contributed by atoms with E-state index in [0.29, 0.717) is 12.5 Å². The predicted molar refractivity (Wildman–Crippen MR) is 68.8 cm³/mol. The smallest absolute Gasteiger partial charge is 0.242 e. The molecule has 3 atom stereocenters. The van der Waals surface area contributed by atoms with E-state index in [1.165, 1.54) is 6.92 Å². The topological polar surface area (TPSA) is 78.4 Å². The fraction of sp³-hybridized carbons (Fsp3) is 0.846. The summed E-state index contributed by atoms with van der Waals surface area (Å²) < 4.78 is 0. The molecular formula is C13H24N2O3. The number of carbonyl (C=O) groups is 2. The molecule has 1 aliphatic carbocycles. The van der Waals surface area contributed by atoms with Crippen LogP contribution < -0.4 is 10.6 Å². The van der Waals surface area contributed by atoms with Gasteiger partial charge in [-0.05, 0) is 31.1 Å². The van der Waals surface area contributed by atoms with Crippen molar-refractivity contribution in [1.82, 2.24) is 10.6 Å². The number of rotatable bonds is 5. The van der Waals surface area contributed by atoms with Crippen LogP contribution in [0, 0.1) is 11.8 Å². The van der Waals surface area contributed by atoms with Gasteiger partial charge in [-0.2, -0.15) is 0 Å². The first kappa shape index (κ1) is 15.0. The average molecular weight is 256 g/mol. The lowest BCUT2D eigenvalue weighted by atomic mass is 10.0. The summed E-state index contributed by atoms with van der Waals surface area (Å²) in [4.78, 5) is 23.0. The van der Waals surface area contributed by atoms with Crippen LogP contribution in [0.1, 0.15) is 40.0 Å². The number of carbonyl (C=O) groups excluding carboxylic acids is 2. The van der Waals surface area contributed by atoms with E-state index >= 15 is 0 Å². The second-order valence-electron chi connectivity index (χ2n) is 5.50. The highest BCUT2D eigenvalue weighted by molar-refractivity contribution is 5.87. The molecule has 1 fully saturated rings. The summed E-state index contributed by atoms with van der Waals surface area (Å²) in [7, 11) is 0. The van der Waals surface area contributed by atoms with E-state index in [1.807, 2.05) is 13.8 Å². The number of amides is 2. The Balaban J connectivity index is 2.39. The van der Waals surface area contributed by atoms with E-state index in [-0.39, 0.29) is 23.8 Å². The third-order valence-corrected chi connectivity index (χ3v) is 3.39. The SMILES string of the molecule is CC(=O)NC(C(=O)NCC1CCC(O)C1)C(C)C. The molecule has 5 heteroatoms. The second kappa shape index (κ2) is 6.73. The van der Waals surface area contributed by atoms with Crippen LogP contribution in [0.3, 0.4) is 0 Å². The highest BCUT2D eigenvalue weighted by Gasteiger charge is 2.26. The predicted octanol–water partition coefficient (Wildman–Crippen LogP) is 0.424. The number of nitrogens with one attached hydrogen (secondary N) is 2. The summed E-state index contributed by atoms with van der Waals surface area (Å²) in [6, 6.07) is -0.478. The lowest BCUT2D eigenvalue weighted by molar-refractivity contribution is -0.129. The van der Waals surface area contributed by atoms with Crippen LogP contribution in [0.2, 0.25) is 0 Å². The van der Waals surface area contributed by atoms with Crippen molar-refractivity contribution in [1.29, 1.82) is 0 Å². The van der Waals surface area contributed by atoms with Gasteiger partial charge in [-0.3, -0.25) is 9.59 Å². The first-order chi connectivity index (χ1) is 8.40. The third kappa shape index (κ3) is 4.64. The van der Waals surface area contributed by atoms with Gasteiger partial charge < -0.3 is 15.7 Å². The van der Waals surface area contributed by atoms with Crippen molar-refractivity contribution in [3.63, 3.8) is 0 Å². The molecule has 0 aromatic carbocycles. The quantitative estimate of drug-likeness (QED) is 0.667. The van der Waals surface area contributed by atoms with Crippen LogP contribution in [-0.4, -0.2) is 35.6 Å². The first-order valence-electron chi connectivity index (χ1n) is 6.63. The lowest BCUT2D eigenvalue weighted by Crippen LogP contribution is -2.49. The summed E-state index contributed by atoms with van der Waals surface area (Å²) in [5.74, 6) is 0.0823. The number of hydrogen-bond acceptors (Lipinski definition) is 3. The molecule has 1 aliphatic rings. The second-order valence-corrected chi connectivity index (χ2v) is 5.50. The van der Waals surface area contributed by atoms with E-state index in [4.69, 9.17) is 0 Å². The van der Waals surface area contributed by atoms with Gasteiger partial charge in [0.2, 0.25) is 11.8 Å². The Hall–Kier alpha value is -1.10. The zero-order chi connectivity index (χ0) is 13.7. The molecule has 3 unspecified atom stereocenters. The van der Waals surface area contributed by atoms with Crippen molar-refractivity contribution in [2.75, 3.05) is 6.54 Å². The summed E-state index contributed by atoms with van der Waals surface area (Å²) in [6.45, 7) is 5.80. The molecule has 1 rings (SSSR count). The molecular weight excluding hydrogens is 232 g/mol. The van der Waals surface area contributed by atoms with E-state index in [0.717, 1.165) is 19.3 Å². The van der Waals surface area contributed by atoms with Crippen molar-refractivity contribution >= 4 is 11.8 Å². The molecule has 104 valence electrons. The van der Waals surface area contributed by atoms with E-state index in [9.17, 15) is 14.7 Å². The van der Waals surface area contributed by atoms with Crippen molar-refractivity contribution in [3.05, 3.63) is 0 Å². The van der Waals surface area contributed by atoms with Gasteiger partial charge in [-0.1, -0.05) is 13.8 Å². The molecule has 18 heavy (non-hydrogen) atoms. The molecule has 0 saturated heterocycles. The van der Waals surface area contributed by atoms with Crippen LogP contribution in [-0.2, 0) is 9.59 Å².